The summed E-state index contributed by atoms with van der Waals surface area (Å²) in [6, 6.07) is 101. The molecule has 0 amide bonds. The summed E-state index contributed by atoms with van der Waals surface area (Å²) in [7, 11) is -3.02. The number of hydrogen-bond donors (Lipinski definition) is 0. The highest BCUT2D eigenvalue weighted by molar-refractivity contribution is 7.20. The minimum Gasteiger partial charge on any atom is -0.309 e. The van der Waals surface area contributed by atoms with Crippen molar-refractivity contribution in [3.05, 3.63) is 273 Å². The van der Waals surface area contributed by atoms with E-state index >= 15 is 0 Å². The molecule has 0 N–H and O–H groups in total. The third-order valence-electron chi connectivity index (χ3n) is 14.7. The van der Waals surface area contributed by atoms with Crippen molar-refractivity contribution in [2.24, 2.45) is 0 Å². The third kappa shape index (κ3) is 6.07. The quantitative estimate of drug-likeness (QED) is 0.107. The maximum absolute atomic E-state index is 3.02. The maximum atomic E-state index is 2.51. The van der Waals surface area contributed by atoms with Gasteiger partial charge in [-0.3, -0.25) is 0 Å². The Morgan fingerprint density at radius 2 is 0.557 bits per heavy atom. The number of aromatic nitrogens is 3. The molecule has 0 fully saturated rings. The zero-order valence-electron chi connectivity index (χ0n) is 38.3. The molecule has 70 heavy (non-hydrogen) atoms. The van der Waals surface area contributed by atoms with E-state index in [2.05, 4.69) is 287 Å². The lowest BCUT2D eigenvalue weighted by molar-refractivity contribution is 1.18. The molecule has 0 saturated carbocycles. The summed E-state index contributed by atoms with van der Waals surface area (Å²) >= 11 is 0. The molecule has 3 nitrogen and oxygen atoms in total. The average molecular weight is 908 g/mol. The van der Waals surface area contributed by atoms with Gasteiger partial charge in [-0.1, -0.05) is 194 Å². The van der Waals surface area contributed by atoms with E-state index in [0.29, 0.717) is 0 Å². The average Bonchev–Trinajstić information content (AvgIpc) is 4.07. The second kappa shape index (κ2) is 16.1. The van der Waals surface area contributed by atoms with Gasteiger partial charge in [0, 0.05) is 49.4 Å². The molecule has 11 aromatic carbocycles. The first-order valence-corrected chi connectivity index (χ1v) is 26.2. The number of fused-ring (bicyclic) bond motifs is 9. The molecule has 0 aliphatic rings. The summed E-state index contributed by atoms with van der Waals surface area (Å²) in [5.74, 6) is 0. The fourth-order valence-electron chi connectivity index (χ4n) is 11.8. The smallest absolute Gasteiger partial charge is 0.179 e. The predicted molar refractivity (Wildman–Crippen MR) is 299 cm³/mol. The zero-order chi connectivity index (χ0) is 46.2. The van der Waals surface area contributed by atoms with Crippen LogP contribution in [0.25, 0.3) is 93.6 Å². The maximum Gasteiger partial charge on any atom is 0.179 e. The van der Waals surface area contributed by atoms with Crippen LogP contribution < -0.4 is 20.7 Å². The molecule has 0 aliphatic heterocycles. The second-order valence-corrected chi connectivity index (χ2v) is 22.3. The largest absolute Gasteiger partial charge is 0.309 e. The fourth-order valence-corrected chi connectivity index (χ4v) is 16.6. The lowest BCUT2D eigenvalue weighted by atomic mass is 10.0. The Morgan fingerprint density at radius 3 is 1.09 bits per heavy atom. The normalized spacial score (nSPS) is 12.0. The van der Waals surface area contributed by atoms with Gasteiger partial charge in [0.1, 0.15) is 0 Å². The molecule has 0 spiro atoms. The van der Waals surface area contributed by atoms with E-state index in [0.717, 1.165) is 17.1 Å². The van der Waals surface area contributed by atoms with Gasteiger partial charge >= 0.3 is 0 Å². The van der Waals surface area contributed by atoms with Crippen LogP contribution in [0.4, 0.5) is 0 Å². The van der Waals surface area contributed by atoms with Gasteiger partial charge in [0.25, 0.3) is 0 Å². The van der Waals surface area contributed by atoms with Crippen molar-refractivity contribution in [3.63, 3.8) is 0 Å². The number of benzene rings is 11. The SMILES string of the molecule is c1ccc(-n2c3ccccc3c3cc(-c4cccc([Si](c5ccccc5)(c5ccccc5)c5cccc(-n6c7ccccc7c7cc8c(cc76)c6ccccc6n8-c6ccccc6)c5)c4)ccc32)cc1. The van der Waals surface area contributed by atoms with Gasteiger partial charge in [-0.05, 0) is 111 Å². The lowest BCUT2D eigenvalue weighted by Crippen LogP contribution is -2.74. The summed E-state index contributed by atoms with van der Waals surface area (Å²) in [5.41, 5.74) is 13.1. The molecule has 14 aromatic rings. The highest BCUT2D eigenvalue weighted by atomic mass is 28.3. The minimum absolute atomic E-state index is 1.15. The highest BCUT2D eigenvalue weighted by Gasteiger charge is 2.42. The van der Waals surface area contributed by atoms with E-state index in [9.17, 15) is 0 Å². The van der Waals surface area contributed by atoms with Crippen molar-refractivity contribution in [1.29, 1.82) is 0 Å². The van der Waals surface area contributed by atoms with Crippen molar-refractivity contribution >= 4 is 94.2 Å². The monoisotopic (exact) mass is 907 g/mol. The molecule has 0 aliphatic carbocycles. The van der Waals surface area contributed by atoms with E-state index in [-0.39, 0.29) is 0 Å². The molecule has 4 heteroatoms. The van der Waals surface area contributed by atoms with Gasteiger partial charge in [0.2, 0.25) is 0 Å². The topological polar surface area (TPSA) is 14.8 Å². The van der Waals surface area contributed by atoms with Gasteiger partial charge < -0.3 is 13.7 Å². The van der Waals surface area contributed by atoms with Crippen molar-refractivity contribution in [1.82, 2.24) is 13.7 Å². The van der Waals surface area contributed by atoms with Gasteiger partial charge in [-0.25, -0.2) is 0 Å². The van der Waals surface area contributed by atoms with Crippen LogP contribution in [0.2, 0.25) is 0 Å². The van der Waals surface area contributed by atoms with Crippen molar-refractivity contribution in [2.45, 2.75) is 0 Å². The van der Waals surface area contributed by atoms with Crippen LogP contribution >= 0.6 is 0 Å². The van der Waals surface area contributed by atoms with Crippen LogP contribution in [0.1, 0.15) is 0 Å². The van der Waals surface area contributed by atoms with Crippen LogP contribution in [0.15, 0.2) is 273 Å². The fraction of sp³-hybridized carbons (Fsp3) is 0. The molecule has 3 heterocycles. The van der Waals surface area contributed by atoms with Gasteiger partial charge in [0.15, 0.2) is 8.07 Å². The molecule has 328 valence electrons. The zero-order valence-corrected chi connectivity index (χ0v) is 39.3. The van der Waals surface area contributed by atoms with Gasteiger partial charge in [0.05, 0.1) is 33.1 Å². The van der Waals surface area contributed by atoms with E-state index < -0.39 is 8.07 Å². The number of hydrogen-bond acceptors (Lipinski definition) is 0. The summed E-state index contributed by atoms with van der Waals surface area (Å²) in [6.45, 7) is 0. The van der Waals surface area contributed by atoms with Gasteiger partial charge in [-0.2, -0.15) is 0 Å². The molecule has 0 atom stereocenters. The Labute approximate surface area is 407 Å². The van der Waals surface area contributed by atoms with Crippen LogP contribution in [-0.2, 0) is 0 Å². The van der Waals surface area contributed by atoms with Crippen molar-refractivity contribution in [2.75, 3.05) is 0 Å². The van der Waals surface area contributed by atoms with Crippen molar-refractivity contribution < 1.29 is 0 Å². The Kier molecular flexibility index (Phi) is 9.23. The number of rotatable bonds is 8. The lowest BCUT2D eigenvalue weighted by Gasteiger charge is -2.35. The molecule has 0 saturated heterocycles. The molecule has 0 unspecified atom stereocenters. The summed E-state index contributed by atoms with van der Waals surface area (Å²) in [5, 5.41) is 12.8. The van der Waals surface area contributed by atoms with Crippen LogP contribution in [-0.4, -0.2) is 21.8 Å². The molecule has 0 bridgehead atoms. The first-order valence-electron chi connectivity index (χ1n) is 24.2. The summed E-state index contributed by atoms with van der Waals surface area (Å²) < 4.78 is 7.32. The summed E-state index contributed by atoms with van der Waals surface area (Å²) in [6.07, 6.45) is 0. The van der Waals surface area contributed by atoms with E-state index in [1.54, 1.807) is 0 Å². The molecular weight excluding hydrogens is 863 g/mol. The highest BCUT2D eigenvalue weighted by Crippen LogP contribution is 2.40. The molecule has 14 rings (SSSR count). The molecular formula is C66H45N3Si. The third-order valence-corrected chi connectivity index (χ3v) is 19.5. The first kappa shape index (κ1) is 40.1. The Morgan fingerprint density at radius 1 is 0.200 bits per heavy atom. The van der Waals surface area contributed by atoms with E-state index in [1.165, 1.54) is 97.3 Å². The Bertz CT molecular complexity index is 4240. The van der Waals surface area contributed by atoms with E-state index in [4.69, 9.17) is 0 Å². The molecule has 0 radical (unpaired) electrons. The standard InChI is InChI=1S/C66H45N3Si/c1-5-22-48(23-6-1)67-61-36-16-13-33-55(61)58-42-47(39-40-64(58)67)46-21-19-31-53(41-46)70(51-27-9-3-10-28-51,52-29-11-4-12-30-52)54-32-20-26-50(43-54)69-63-38-18-15-35-57(63)60-44-65-59(45-66(60)69)56-34-14-17-37-62(56)68(65)49-24-7-2-8-25-49/h1-45H. The second-order valence-electron chi connectivity index (χ2n) is 18.5. The number of nitrogens with zero attached hydrogens (tertiary/aromatic N) is 3. The number of para-hydroxylation sites is 5. The van der Waals surface area contributed by atoms with E-state index in [1.807, 2.05) is 0 Å². The van der Waals surface area contributed by atoms with Crippen LogP contribution in [0, 0.1) is 0 Å². The predicted octanol–water partition coefficient (Wildman–Crippen LogP) is 14.0. The minimum atomic E-state index is -3.02. The van der Waals surface area contributed by atoms with Crippen LogP contribution in [0.5, 0.6) is 0 Å². The summed E-state index contributed by atoms with van der Waals surface area (Å²) in [4.78, 5) is 0. The van der Waals surface area contributed by atoms with Crippen LogP contribution in [0.3, 0.4) is 0 Å². The van der Waals surface area contributed by atoms with Crippen molar-refractivity contribution in [3.8, 4) is 28.2 Å². The Balaban J connectivity index is 0.999. The van der Waals surface area contributed by atoms with Gasteiger partial charge in [-0.15, -0.1) is 0 Å². The Hall–Kier alpha value is -8.96. The first-order chi connectivity index (χ1) is 34.7. The molecule has 3 aromatic heterocycles.